The van der Waals surface area contributed by atoms with Crippen molar-refractivity contribution in [1.82, 2.24) is 4.98 Å². The van der Waals surface area contributed by atoms with Crippen LogP contribution >= 0.6 is 0 Å². The number of benzene rings is 4. The van der Waals surface area contributed by atoms with Gasteiger partial charge in [-0.1, -0.05) is 60.7 Å². The number of anilines is 1. The quantitative estimate of drug-likeness (QED) is 0.134. The van der Waals surface area contributed by atoms with E-state index in [1.165, 1.54) is 11.0 Å². The van der Waals surface area contributed by atoms with Crippen LogP contribution in [0.1, 0.15) is 28.3 Å². The van der Waals surface area contributed by atoms with Gasteiger partial charge in [0.05, 0.1) is 17.3 Å². The van der Waals surface area contributed by atoms with Crippen LogP contribution in [0.25, 0.3) is 16.7 Å². The van der Waals surface area contributed by atoms with Gasteiger partial charge in [0.25, 0.3) is 11.7 Å². The maximum Gasteiger partial charge on any atom is 0.300 e. The van der Waals surface area contributed by atoms with Crippen molar-refractivity contribution in [2.45, 2.75) is 19.6 Å². The topological polar surface area (TPSA) is 103 Å². The fraction of sp³-hybridized carbons (Fsp3) is 0.0909. The summed E-state index contributed by atoms with van der Waals surface area (Å²) in [5.74, 6) is -1.48. The summed E-state index contributed by atoms with van der Waals surface area (Å²) >= 11 is 0. The fourth-order valence-electron chi connectivity index (χ4n) is 5.21. The van der Waals surface area contributed by atoms with Gasteiger partial charge in [0.2, 0.25) is 0 Å². The number of aliphatic hydroxyl groups excluding tert-OH is 1. The number of fused-ring (bicyclic) bond motifs is 1. The van der Waals surface area contributed by atoms with Crippen molar-refractivity contribution in [2.75, 3.05) is 4.90 Å². The number of aromatic amines is 1. The number of nitrogens with zero attached hydrogens (tertiary/aromatic N) is 1. The minimum atomic E-state index is -0.973. The third kappa shape index (κ3) is 4.27. The number of ether oxygens (including phenoxy) is 1. The number of rotatable bonds is 6. The monoisotopic (exact) mass is 530 g/mol. The Morgan fingerprint density at radius 1 is 0.925 bits per heavy atom. The van der Waals surface area contributed by atoms with E-state index >= 15 is 0 Å². The lowest BCUT2D eigenvalue weighted by Gasteiger charge is -2.25. The van der Waals surface area contributed by atoms with Crippen LogP contribution in [0.4, 0.5) is 5.69 Å². The van der Waals surface area contributed by atoms with E-state index in [0.717, 1.165) is 22.0 Å². The molecule has 0 bridgehead atoms. The molecular weight excluding hydrogens is 504 g/mol. The highest BCUT2D eigenvalue weighted by Crippen LogP contribution is 2.46. The molecule has 7 heteroatoms. The highest BCUT2D eigenvalue weighted by molar-refractivity contribution is 6.52. The highest BCUT2D eigenvalue weighted by atomic mass is 16.5. The summed E-state index contributed by atoms with van der Waals surface area (Å²) in [5.41, 5.74) is 3.73. The number of aromatic hydroxyl groups is 1. The molecule has 1 saturated heterocycles. The molecule has 198 valence electrons. The van der Waals surface area contributed by atoms with Gasteiger partial charge in [0, 0.05) is 28.2 Å². The SMILES string of the molecule is Cc1cc(/C(O)=C2\C(=O)C(=O)N(c3ccccc3O)C2c2c[nH]c3ccccc23)ccc1OCc1ccccc1. The molecule has 0 radical (unpaired) electrons. The van der Waals surface area contributed by atoms with Crippen LogP contribution in [0, 0.1) is 6.92 Å². The molecule has 1 aliphatic heterocycles. The van der Waals surface area contributed by atoms with Gasteiger partial charge in [-0.05, 0) is 54.4 Å². The fourth-order valence-corrected chi connectivity index (χ4v) is 5.21. The Bertz CT molecular complexity index is 1790. The molecule has 5 aromatic rings. The number of aliphatic hydroxyl groups is 1. The average molecular weight is 531 g/mol. The van der Waals surface area contributed by atoms with E-state index in [9.17, 15) is 19.8 Å². The van der Waals surface area contributed by atoms with Gasteiger partial charge in [-0.3, -0.25) is 14.5 Å². The molecule has 6 rings (SSSR count). The number of ketones is 1. The molecule has 1 unspecified atom stereocenters. The molecule has 4 aromatic carbocycles. The highest BCUT2D eigenvalue weighted by Gasteiger charge is 2.48. The second kappa shape index (κ2) is 10.1. The smallest absolute Gasteiger partial charge is 0.300 e. The number of nitrogens with one attached hydrogen (secondary N) is 1. The summed E-state index contributed by atoms with van der Waals surface area (Å²) in [6.07, 6.45) is 1.73. The number of aryl methyl sites for hydroxylation is 1. The summed E-state index contributed by atoms with van der Waals surface area (Å²) in [5, 5.41) is 23.0. The number of phenols is 1. The predicted octanol–water partition coefficient (Wildman–Crippen LogP) is 6.39. The molecule has 0 aliphatic carbocycles. The van der Waals surface area contributed by atoms with Crippen LogP contribution in [0.15, 0.2) is 109 Å². The minimum absolute atomic E-state index is 0.0599. The summed E-state index contributed by atoms with van der Waals surface area (Å²) in [6.45, 7) is 2.24. The molecule has 0 spiro atoms. The van der Waals surface area contributed by atoms with Gasteiger partial charge in [-0.25, -0.2) is 0 Å². The second-order valence-electron chi connectivity index (χ2n) is 9.70. The first-order valence-corrected chi connectivity index (χ1v) is 12.9. The van der Waals surface area contributed by atoms with Gasteiger partial charge in [0.1, 0.15) is 23.9 Å². The van der Waals surface area contributed by atoms with Gasteiger partial charge in [0.15, 0.2) is 0 Å². The molecule has 1 fully saturated rings. The number of aromatic nitrogens is 1. The maximum atomic E-state index is 13.5. The Morgan fingerprint density at radius 3 is 2.42 bits per heavy atom. The Balaban J connectivity index is 1.46. The zero-order chi connectivity index (χ0) is 27.8. The predicted molar refractivity (Wildman–Crippen MR) is 153 cm³/mol. The number of hydrogen-bond donors (Lipinski definition) is 3. The molecule has 1 amide bonds. The number of hydrogen-bond acceptors (Lipinski definition) is 5. The van der Waals surface area contributed by atoms with Crippen LogP contribution in [-0.2, 0) is 16.2 Å². The number of phenolic OH excluding ortho intramolecular Hbond substituents is 1. The second-order valence-corrected chi connectivity index (χ2v) is 9.70. The van der Waals surface area contributed by atoms with Crippen molar-refractivity contribution in [3.63, 3.8) is 0 Å². The van der Waals surface area contributed by atoms with Crippen molar-refractivity contribution in [2.24, 2.45) is 0 Å². The first-order chi connectivity index (χ1) is 19.4. The molecule has 3 N–H and O–H groups in total. The largest absolute Gasteiger partial charge is 0.507 e. The minimum Gasteiger partial charge on any atom is -0.507 e. The molecule has 7 nitrogen and oxygen atoms in total. The van der Waals surface area contributed by atoms with Gasteiger partial charge in [-0.15, -0.1) is 0 Å². The van der Waals surface area contributed by atoms with Crippen molar-refractivity contribution >= 4 is 34.0 Å². The Labute approximate surface area is 230 Å². The molecule has 1 atom stereocenters. The van der Waals surface area contributed by atoms with Crippen LogP contribution in [-0.4, -0.2) is 26.9 Å². The van der Waals surface area contributed by atoms with Crippen molar-refractivity contribution < 1.29 is 24.5 Å². The van der Waals surface area contributed by atoms with E-state index in [1.807, 2.05) is 61.5 Å². The lowest BCUT2D eigenvalue weighted by Crippen LogP contribution is -2.29. The summed E-state index contributed by atoms with van der Waals surface area (Å²) < 4.78 is 5.98. The normalized spacial score (nSPS) is 16.5. The number of carbonyl (C=O) groups excluding carboxylic acids is 2. The van der Waals surface area contributed by atoms with Crippen LogP contribution in [0.5, 0.6) is 11.5 Å². The molecule has 0 saturated carbocycles. The number of Topliss-reactive ketones (excluding diaryl/α,β-unsaturated/α-hetero) is 1. The lowest BCUT2D eigenvalue weighted by molar-refractivity contribution is -0.132. The standard InChI is InChI=1S/C33H26N2O5/c1-20-17-22(15-16-28(20)40-19-21-9-3-2-4-10-21)31(37)29-30(24-18-34-25-12-6-5-11-23(24)25)35(33(39)32(29)38)26-13-7-8-14-27(26)36/h2-18,30,34,36-37H,19H2,1H3/b31-29+. The van der Waals surface area contributed by atoms with Gasteiger partial charge in [-0.2, -0.15) is 0 Å². The average Bonchev–Trinajstić information content (AvgIpc) is 3.51. The van der Waals surface area contributed by atoms with Gasteiger partial charge < -0.3 is 19.9 Å². The third-order valence-corrected chi connectivity index (χ3v) is 7.19. The Kier molecular flexibility index (Phi) is 6.32. The van der Waals surface area contributed by atoms with Crippen molar-refractivity contribution in [1.29, 1.82) is 0 Å². The van der Waals surface area contributed by atoms with E-state index < -0.39 is 17.7 Å². The third-order valence-electron chi connectivity index (χ3n) is 7.19. The summed E-state index contributed by atoms with van der Waals surface area (Å²) in [6, 6.07) is 27.8. The van der Waals surface area contributed by atoms with Crippen molar-refractivity contribution in [3.05, 3.63) is 131 Å². The van der Waals surface area contributed by atoms with E-state index in [1.54, 1.807) is 42.6 Å². The van der Waals surface area contributed by atoms with E-state index in [-0.39, 0.29) is 22.8 Å². The van der Waals surface area contributed by atoms with Crippen LogP contribution < -0.4 is 9.64 Å². The number of carbonyl (C=O) groups is 2. The first-order valence-electron chi connectivity index (χ1n) is 12.9. The first kappa shape index (κ1) is 25.0. The van der Waals surface area contributed by atoms with Crippen LogP contribution in [0.3, 0.4) is 0 Å². The molecule has 1 aliphatic rings. The van der Waals surface area contributed by atoms with Crippen molar-refractivity contribution in [3.8, 4) is 11.5 Å². The molecular formula is C33H26N2O5. The van der Waals surface area contributed by atoms with Gasteiger partial charge >= 0.3 is 0 Å². The maximum absolute atomic E-state index is 13.5. The van der Waals surface area contributed by atoms with Crippen LogP contribution in [0.2, 0.25) is 0 Å². The zero-order valence-electron chi connectivity index (χ0n) is 21.7. The lowest BCUT2D eigenvalue weighted by atomic mass is 9.94. The Morgan fingerprint density at radius 2 is 1.65 bits per heavy atom. The number of H-pyrrole nitrogens is 1. The summed E-state index contributed by atoms with van der Waals surface area (Å²) in [4.78, 5) is 31.5. The zero-order valence-corrected chi connectivity index (χ0v) is 21.7. The van der Waals surface area contributed by atoms with E-state index in [0.29, 0.717) is 23.5 Å². The molecule has 2 heterocycles. The number of para-hydroxylation sites is 3. The van der Waals surface area contributed by atoms with E-state index in [4.69, 9.17) is 4.74 Å². The number of amides is 1. The molecule has 40 heavy (non-hydrogen) atoms. The van der Waals surface area contributed by atoms with E-state index in [2.05, 4.69) is 4.98 Å². The summed E-state index contributed by atoms with van der Waals surface area (Å²) in [7, 11) is 0. The Hall–Kier alpha value is -5.30. The molecule has 1 aromatic heterocycles.